The predicted octanol–water partition coefficient (Wildman–Crippen LogP) is 2.23. The van der Waals surface area contributed by atoms with Crippen LogP contribution in [0.4, 0.5) is 4.79 Å². The van der Waals surface area contributed by atoms with E-state index in [0.717, 1.165) is 11.3 Å². The monoisotopic (exact) mass is 297 g/mol. The number of carbonyl (C=O) groups is 1. The van der Waals surface area contributed by atoms with Gasteiger partial charge in [-0.2, -0.15) is 5.48 Å². The summed E-state index contributed by atoms with van der Waals surface area (Å²) in [5.74, 6) is 0.495. The molecule has 1 unspecified atom stereocenters. The van der Waals surface area contributed by atoms with Gasteiger partial charge in [-0.25, -0.2) is 4.79 Å². The summed E-state index contributed by atoms with van der Waals surface area (Å²) in [6.07, 6.45) is -0.658. The molecule has 0 fully saturated rings. The maximum absolute atomic E-state index is 11.4. The third-order valence-electron chi connectivity index (χ3n) is 2.65. The molecule has 0 aliphatic rings. The van der Waals surface area contributed by atoms with Gasteiger partial charge in [0.25, 0.3) is 0 Å². The first kappa shape index (κ1) is 17.3. The van der Waals surface area contributed by atoms with Gasteiger partial charge < -0.3 is 14.6 Å². The standard InChI is InChI=1S/C15H23NO5/c1-15(2,3)21-14(18)16-20-10-12(9-17)11-5-7-13(19-4)8-6-11/h5-8,12,17H,9-10H2,1-4H3,(H,16,18). The average molecular weight is 297 g/mol. The van der Waals surface area contributed by atoms with Gasteiger partial charge in [0.1, 0.15) is 11.4 Å². The van der Waals surface area contributed by atoms with E-state index in [2.05, 4.69) is 5.48 Å². The quantitative estimate of drug-likeness (QED) is 0.787. The number of hydrogen-bond acceptors (Lipinski definition) is 5. The molecular weight excluding hydrogens is 274 g/mol. The highest BCUT2D eigenvalue weighted by molar-refractivity contribution is 5.66. The number of nitrogens with one attached hydrogen (secondary N) is 1. The number of methoxy groups -OCH3 is 1. The Labute approximate surface area is 125 Å². The molecule has 0 aliphatic carbocycles. The Balaban J connectivity index is 2.45. The van der Waals surface area contributed by atoms with Gasteiger partial charge in [-0.1, -0.05) is 12.1 Å². The third-order valence-corrected chi connectivity index (χ3v) is 2.65. The van der Waals surface area contributed by atoms with Gasteiger partial charge in [0.2, 0.25) is 0 Å². The van der Waals surface area contributed by atoms with Gasteiger partial charge in [0.15, 0.2) is 0 Å². The maximum atomic E-state index is 11.4. The highest BCUT2D eigenvalue weighted by Gasteiger charge is 2.17. The lowest BCUT2D eigenvalue weighted by atomic mass is 10.0. The van der Waals surface area contributed by atoms with E-state index < -0.39 is 11.7 Å². The third kappa shape index (κ3) is 6.46. The molecule has 2 N–H and O–H groups in total. The SMILES string of the molecule is COc1ccc(C(CO)CONC(=O)OC(C)(C)C)cc1. The van der Waals surface area contributed by atoms with E-state index in [-0.39, 0.29) is 19.1 Å². The molecule has 1 rings (SSSR count). The molecule has 6 nitrogen and oxygen atoms in total. The normalized spacial score (nSPS) is 12.6. The Morgan fingerprint density at radius 2 is 1.90 bits per heavy atom. The smallest absolute Gasteiger partial charge is 0.431 e. The van der Waals surface area contributed by atoms with Crippen LogP contribution in [0.5, 0.6) is 5.75 Å². The number of hydrogen-bond donors (Lipinski definition) is 2. The number of amides is 1. The molecule has 1 atom stereocenters. The Hall–Kier alpha value is -1.79. The highest BCUT2D eigenvalue weighted by Crippen LogP contribution is 2.19. The second-order valence-electron chi connectivity index (χ2n) is 5.57. The van der Waals surface area contributed by atoms with Crippen molar-refractivity contribution in [2.45, 2.75) is 32.3 Å². The summed E-state index contributed by atoms with van der Waals surface area (Å²) in [7, 11) is 1.59. The van der Waals surface area contributed by atoms with Crippen LogP contribution in [0, 0.1) is 0 Å². The first-order valence-corrected chi connectivity index (χ1v) is 6.71. The van der Waals surface area contributed by atoms with Crippen molar-refractivity contribution in [2.24, 2.45) is 0 Å². The topological polar surface area (TPSA) is 77.0 Å². The van der Waals surface area contributed by atoms with Crippen LogP contribution >= 0.6 is 0 Å². The van der Waals surface area contributed by atoms with E-state index in [0.29, 0.717) is 0 Å². The second kappa shape index (κ2) is 7.85. The summed E-state index contributed by atoms with van der Waals surface area (Å²) in [5, 5.41) is 9.40. The minimum Gasteiger partial charge on any atom is -0.497 e. The molecular formula is C15H23NO5. The average Bonchev–Trinajstić information content (AvgIpc) is 2.42. The Morgan fingerprint density at radius 1 is 1.29 bits per heavy atom. The zero-order chi connectivity index (χ0) is 15.9. The number of carbonyl (C=O) groups excluding carboxylic acids is 1. The van der Waals surface area contributed by atoms with Gasteiger partial charge in [-0.05, 0) is 38.5 Å². The molecule has 1 aromatic rings. The number of rotatable bonds is 6. The van der Waals surface area contributed by atoms with Crippen LogP contribution in [-0.2, 0) is 9.57 Å². The largest absolute Gasteiger partial charge is 0.497 e. The predicted molar refractivity (Wildman–Crippen MR) is 78.1 cm³/mol. The molecule has 0 spiro atoms. The molecule has 118 valence electrons. The second-order valence-corrected chi connectivity index (χ2v) is 5.57. The Kier molecular flexibility index (Phi) is 6.45. The fourth-order valence-electron chi connectivity index (χ4n) is 1.63. The number of hydroxylamine groups is 1. The lowest BCUT2D eigenvalue weighted by Crippen LogP contribution is -2.33. The van der Waals surface area contributed by atoms with Gasteiger partial charge in [-0.3, -0.25) is 4.84 Å². The zero-order valence-electron chi connectivity index (χ0n) is 12.9. The molecule has 1 amide bonds. The van der Waals surface area contributed by atoms with Crippen LogP contribution in [0.25, 0.3) is 0 Å². The molecule has 0 heterocycles. The van der Waals surface area contributed by atoms with Crippen molar-refractivity contribution in [3.8, 4) is 5.75 Å². The van der Waals surface area contributed by atoms with Crippen LogP contribution in [0.15, 0.2) is 24.3 Å². The molecule has 0 bridgehead atoms. The molecule has 0 saturated heterocycles. The zero-order valence-corrected chi connectivity index (χ0v) is 12.9. The van der Waals surface area contributed by atoms with Crippen molar-refractivity contribution < 1.29 is 24.2 Å². The Bertz CT molecular complexity index is 438. The molecule has 21 heavy (non-hydrogen) atoms. The van der Waals surface area contributed by atoms with Crippen molar-refractivity contribution in [3.05, 3.63) is 29.8 Å². The van der Waals surface area contributed by atoms with E-state index in [4.69, 9.17) is 14.3 Å². The lowest BCUT2D eigenvalue weighted by Gasteiger charge is -2.20. The summed E-state index contributed by atoms with van der Waals surface area (Å²) in [5.41, 5.74) is 2.51. The summed E-state index contributed by atoms with van der Waals surface area (Å²) in [4.78, 5) is 16.5. The van der Waals surface area contributed by atoms with Gasteiger partial charge >= 0.3 is 6.09 Å². The van der Waals surface area contributed by atoms with E-state index in [1.54, 1.807) is 40.0 Å². The van der Waals surface area contributed by atoms with Crippen molar-refractivity contribution in [2.75, 3.05) is 20.3 Å². The summed E-state index contributed by atoms with van der Waals surface area (Å²) in [6.45, 7) is 5.34. The number of benzene rings is 1. The van der Waals surface area contributed by atoms with Crippen molar-refractivity contribution in [3.63, 3.8) is 0 Å². The molecule has 0 saturated carbocycles. The van der Waals surface area contributed by atoms with Crippen LogP contribution in [0.2, 0.25) is 0 Å². The molecule has 1 aromatic carbocycles. The molecule has 0 aromatic heterocycles. The summed E-state index contributed by atoms with van der Waals surface area (Å²) >= 11 is 0. The molecule has 0 radical (unpaired) electrons. The summed E-state index contributed by atoms with van der Waals surface area (Å²) in [6, 6.07) is 7.30. The van der Waals surface area contributed by atoms with Crippen molar-refractivity contribution in [1.82, 2.24) is 5.48 Å². The highest BCUT2D eigenvalue weighted by atomic mass is 16.7. The van der Waals surface area contributed by atoms with E-state index in [1.165, 1.54) is 0 Å². The van der Waals surface area contributed by atoms with E-state index in [1.807, 2.05) is 12.1 Å². The lowest BCUT2D eigenvalue weighted by molar-refractivity contribution is -0.0151. The number of aliphatic hydroxyl groups excluding tert-OH is 1. The van der Waals surface area contributed by atoms with Crippen LogP contribution in [-0.4, -0.2) is 37.1 Å². The Morgan fingerprint density at radius 3 is 2.38 bits per heavy atom. The van der Waals surface area contributed by atoms with Crippen molar-refractivity contribution in [1.29, 1.82) is 0 Å². The van der Waals surface area contributed by atoms with Crippen LogP contribution < -0.4 is 10.2 Å². The van der Waals surface area contributed by atoms with Gasteiger partial charge in [-0.15, -0.1) is 0 Å². The minimum atomic E-state index is -0.658. The first-order valence-electron chi connectivity index (χ1n) is 6.71. The fourth-order valence-corrected chi connectivity index (χ4v) is 1.63. The van der Waals surface area contributed by atoms with Gasteiger partial charge in [0, 0.05) is 5.92 Å². The minimum absolute atomic E-state index is 0.0949. The fraction of sp³-hybridized carbons (Fsp3) is 0.533. The van der Waals surface area contributed by atoms with Crippen LogP contribution in [0.3, 0.4) is 0 Å². The molecule has 6 heteroatoms. The van der Waals surface area contributed by atoms with E-state index in [9.17, 15) is 9.90 Å². The van der Waals surface area contributed by atoms with Gasteiger partial charge in [0.05, 0.1) is 20.3 Å². The first-order chi connectivity index (χ1) is 9.85. The number of ether oxygens (including phenoxy) is 2. The van der Waals surface area contributed by atoms with Crippen molar-refractivity contribution >= 4 is 6.09 Å². The maximum Gasteiger partial charge on any atom is 0.431 e. The summed E-state index contributed by atoms with van der Waals surface area (Å²) < 4.78 is 10.1. The van der Waals surface area contributed by atoms with E-state index >= 15 is 0 Å². The number of aliphatic hydroxyl groups is 1. The molecule has 0 aliphatic heterocycles. The van der Waals surface area contributed by atoms with Crippen LogP contribution in [0.1, 0.15) is 32.3 Å².